The molecule has 0 amide bonds. The van der Waals surface area contributed by atoms with E-state index in [1.54, 1.807) is 11.7 Å². The molecule has 1 aromatic heterocycles. The fourth-order valence-electron chi connectivity index (χ4n) is 4.26. The Morgan fingerprint density at radius 2 is 1.90 bits per heavy atom. The van der Waals surface area contributed by atoms with Crippen LogP contribution in [0.2, 0.25) is 0 Å². The number of anilines is 1. The topological polar surface area (TPSA) is 93.2 Å². The average Bonchev–Trinajstić information content (AvgIpc) is 2.72. The molecular weight excluding hydrogens is 370 g/mol. The first kappa shape index (κ1) is 19.2. The molecule has 4 rings (SSSR count). The van der Waals surface area contributed by atoms with E-state index < -0.39 is 17.2 Å². The number of ketones is 1. The molecule has 7 heteroatoms. The van der Waals surface area contributed by atoms with Crippen LogP contribution in [0.4, 0.5) is 5.82 Å². The molecule has 1 aliphatic heterocycles. The molecule has 7 nitrogen and oxygen atoms in total. The number of unbranched alkanes of at least 4 members (excludes halogenated alkanes) is 1. The van der Waals surface area contributed by atoms with E-state index in [-0.39, 0.29) is 5.78 Å². The molecule has 2 N–H and O–H groups in total. The zero-order valence-electron chi connectivity index (χ0n) is 16.7. The van der Waals surface area contributed by atoms with Crippen molar-refractivity contribution in [2.24, 2.45) is 0 Å². The lowest BCUT2D eigenvalue weighted by Crippen LogP contribution is -2.40. The first-order chi connectivity index (χ1) is 14.0. The van der Waals surface area contributed by atoms with Gasteiger partial charge in [0.15, 0.2) is 5.78 Å². The highest BCUT2D eigenvalue weighted by molar-refractivity contribution is 6.00. The number of nitrogens with zero attached hydrogens (tertiary/aromatic N) is 1. The van der Waals surface area contributed by atoms with Crippen LogP contribution in [0.5, 0.6) is 5.75 Å². The molecule has 0 spiro atoms. The highest BCUT2D eigenvalue weighted by atomic mass is 16.5. The summed E-state index contributed by atoms with van der Waals surface area (Å²) in [6, 6.07) is 7.41. The standard InChI is InChI=1S/C22H25N3O4/c1-3-4-12-25-20-19(21(27)24-22(25)28)17(13-8-10-14(29-2)11-9-13)18-15(23-20)6-5-7-16(18)26/h8-11,17,23H,3-7,12H2,1-2H3,(H,24,27,28). The second-order valence-electron chi connectivity index (χ2n) is 7.53. The molecule has 0 saturated heterocycles. The number of Topliss-reactive ketones (excluding diaryl/α,β-unsaturated/α-hetero) is 1. The fourth-order valence-corrected chi connectivity index (χ4v) is 4.26. The van der Waals surface area contributed by atoms with Crippen LogP contribution in [-0.4, -0.2) is 22.4 Å². The van der Waals surface area contributed by atoms with Gasteiger partial charge >= 0.3 is 5.69 Å². The number of hydrogen-bond acceptors (Lipinski definition) is 5. The summed E-state index contributed by atoms with van der Waals surface area (Å²) >= 11 is 0. The van der Waals surface area contributed by atoms with Crippen molar-refractivity contribution in [2.45, 2.75) is 51.5 Å². The fraction of sp³-hybridized carbons (Fsp3) is 0.409. The number of H-pyrrole nitrogens is 1. The highest BCUT2D eigenvalue weighted by Gasteiger charge is 2.38. The lowest BCUT2D eigenvalue weighted by Gasteiger charge is -2.34. The first-order valence-electron chi connectivity index (χ1n) is 10.1. The third-order valence-corrected chi connectivity index (χ3v) is 5.72. The maximum absolute atomic E-state index is 12.9. The predicted octanol–water partition coefficient (Wildman–Crippen LogP) is 2.91. The summed E-state index contributed by atoms with van der Waals surface area (Å²) in [5.41, 5.74) is 1.86. The van der Waals surface area contributed by atoms with Crippen molar-refractivity contribution in [1.29, 1.82) is 0 Å². The van der Waals surface area contributed by atoms with Gasteiger partial charge in [0.2, 0.25) is 0 Å². The molecule has 29 heavy (non-hydrogen) atoms. The Kier molecular flexibility index (Phi) is 5.13. The lowest BCUT2D eigenvalue weighted by molar-refractivity contribution is -0.116. The Balaban J connectivity index is 1.97. The van der Waals surface area contributed by atoms with Crippen LogP contribution in [0.1, 0.15) is 56.1 Å². The Morgan fingerprint density at radius 3 is 2.59 bits per heavy atom. The SMILES string of the molecule is CCCCn1c2c(c(=O)[nH]c1=O)C(c1ccc(OC)cc1)C1=C(CCCC1=O)N2. The van der Waals surface area contributed by atoms with Gasteiger partial charge in [0.05, 0.1) is 12.7 Å². The number of allylic oxidation sites excluding steroid dienone is 2. The molecule has 1 aromatic carbocycles. The molecule has 0 saturated carbocycles. The summed E-state index contributed by atoms with van der Waals surface area (Å²) in [5.74, 6) is 0.767. The van der Waals surface area contributed by atoms with Gasteiger partial charge in [-0.25, -0.2) is 4.79 Å². The van der Waals surface area contributed by atoms with E-state index in [4.69, 9.17) is 4.74 Å². The van der Waals surface area contributed by atoms with Crippen LogP contribution >= 0.6 is 0 Å². The van der Waals surface area contributed by atoms with E-state index in [1.807, 2.05) is 24.3 Å². The summed E-state index contributed by atoms with van der Waals surface area (Å²) in [4.78, 5) is 40.8. The second kappa shape index (κ2) is 7.73. The van der Waals surface area contributed by atoms with Gasteiger partial charge in [0.1, 0.15) is 11.6 Å². The first-order valence-corrected chi connectivity index (χ1v) is 10.1. The third-order valence-electron chi connectivity index (χ3n) is 5.72. The van der Waals surface area contributed by atoms with Gasteiger partial charge in [-0.15, -0.1) is 0 Å². The van der Waals surface area contributed by atoms with Gasteiger partial charge in [-0.2, -0.15) is 0 Å². The molecule has 1 unspecified atom stereocenters. The van der Waals surface area contributed by atoms with Gasteiger partial charge < -0.3 is 10.1 Å². The van der Waals surface area contributed by atoms with E-state index in [0.717, 1.165) is 36.9 Å². The van der Waals surface area contributed by atoms with Crippen molar-refractivity contribution >= 4 is 11.6 Å². The number of benzene rings is 1. The largest absolute Gasteiger partial charge is 0.497 e. The van der Waals surface area contributed by atoms with E-state index in [1.165, 1.54) is 0 Å². The van der Waals surface area contributed by atoms with Gasteiger partial charge in [-0.1, -0.05) is 25.5 Å². The molecule has 1 aliphatic carbocycles. The van der Waals surface area contributed by atoms with E-state index in [0.29, 0.717) is 35.7 Å². The minimum absolute atomic E-state index is 0.0518. The normalized spacial score (nSPS) is 18.1. The van der Waals surface area contributed by atoms with E-state index in [9.17, 15) is 14.4 Å². The molecule has 2 aromatic rings. The monoisotopic (exact) mass is 395 g/mol. The maximum Gasteiger partial charge on any atom is 0.329 e. The number of carbonyl (C=O) groups excluding carboxylic acids is 1. The summed E-state index contributed by atoms with van der Waals surface area (Å²) in [5, 5.41) is 3.29. The number of ether oxygens (including phenoxy) is 1. The number of rotatable bonds is 5. The zero-order valence-corrected chi connectivity index (χ0v) is 16.7. The van der Waals surface area contributed by atoms with Crippen molar-refractivity contribution in [3.63, 3.8) is 0 Å². The van der Waals surface area contributed by atoms with Crippen LogP contribution < -0.4 is 21.3 Å². The highest BCUT2D eigenvalue weighted by Crippen LogP contribution is 2.43. The Hall–Kier alpha value is -3.09. The number of carbonyl (C=O) groups is 1. The summed E-state index contributed by atoms with van der Waals surface area (Å²) in [7, 11) is 1.59. The molecule has 2 aliphatic rings. The minimum Gasteiger partial charge on any atom is -0.497 e. The van der Waals surface area contributed by atoms with Crippen molar-refractivity contribution in [1.82, 2.24) is 9.55 Å². The number of methoxy groups -OCH3 is 1. The van der Waals surface area contributed by atoms with Gasteiger partial charge in [0.25, 0.3) is 5.56 Å². The second-order valence-corrected chi connectivity index (χ2v) is 7.53. The Labute approximate surface area is 168 Å². The Bertz CT molecular complexity index is 1090. The number of fused-ring (bicyclic) bond motifs is 1. The molecule has 152 valence electrons. The average molecular weight is 395 g/mol. The van der Waals surface area contributed by atoms with Crippen LogP contribution in [0.15, 0.2) is 45.1 Å². The summed E-state index contributed by atoms with van der Waals surface area (Å²) in [6.07, 6.45) is 3.70. The predicted molar refractivity (Wildman–Crippen MR) is 111 cm³/mol. The number of nitrogens with one attached hydrogen (secondary N) is 2. The Morgan fingerprint density at radius 1 is 1.14 bits per heavy atom. The van der Waals surface area contributed by atoms with Crippen LogP contribution in [0.25, 0.3) is 0 Å². The molecule has 2 heterocycles. The molecule has 0 bridgehead atoms. The van der Waals surface area contributed by atoms with E-state index in [2.05, 4.69) is 17.2 Å². The van der Waals surface area contributed by atoms with Gasteiger partial charge in [0, 0.05) is 30.2 Å². The van der Waals surface area contributed by atoms with E-state index >= 15 is 0 Å². The molecular formula is C22H25N3O4. The van der Waals surface area contributed by atoms with Gasteiger partial charge in [-0.3, -0.25) is 19.1 Å². The number of hydrogen-bond donors (Lipinski definition) is 2. The smallest absolute Gasteiger partial charge is 0.329 e. The number of aromatic amines is 1. The minimum atomic E-state index is -0.503. The van der Waals surface area contributed by atoms with Crippen molar-refractivity contribution in [2.75, 3.05) is 12.4 Å². The van der Waals surface area contributed by atoms with Gasteiger partial charge in [-0.05, 0) is 37.0 Å². The lowest BCUT2D eigenvalue weighted by atomic mass is 9.76. The maximum atomic E-state index is 12.9. The van der Waals surface area contributed by atoms with Crippen LogP contribution in [0, 0.1) is 0 Å². The van der Waals surface area contributed by atoms with Crippen molar-refractivity contribution in [3.05, 3.63) is 67.5 Å². The molecule has 0 fully saturated rings. The zero-order chi connectivity index (χ0) is 20.5. The quantitative estimate of drug-likeness (QED) is 0.812. The molecule has 1 atom stereocenters. The van der Waals surface area contributed by atoms with Crippen LogP contribution in [0.3, 0.4) is 0 Å². The number of aromatic nitrogens is 2. The third kappa shape index (κ3) is 3.30. The van der Waals surface area contributed by atoms with Crippen molar-refractivity contribution < 1.29 is 9.53 Å². The summed E-state index contributed by atoms with van der Waals surface area (Å²) in [6.45, 7) is 2.56. The summed E-state index contributed by atoms with van der Waals surface area (Å²) < 4.78 is 6.85. The van der Waals surface area contributed by atoms with Crippen LogP contribution in [-0.2, 0) is 11.3 Å². The van der Waals surface area contributed by atoms with Crippen molar-refractivity contribution in [3.8, 4) is 5.75 Å². The molecule has 0 radical (unpaired) electrons.